The molecule has 2 aromatic carbocycles. The van der Waals surface area contributed by atoms with E-state index in [0.717, 1.165) is 35.2 Å². The first-order valence-electron chi connectivity index (χ1n) is 8.90. The van der Waals surface area contributed by atoms with Crippen LogP contribution in [0.4, 0.5) is 17.5 Å². The maximum absolute atomic E-state index is 5.92. The molecule has 28 heavy (non-hydrogen) atoms. The average Bonchev–Trinajstić information content (AvgIpc) is 2.69. The number of anilines is 3. The average molecular weight is 399 g/mol. The second-order valence-electron chi connectivity index (χ2n) is 6.22. The van der Waals surface area contributed by atoms with E-state index in [0.29, 0.717) is 17.4 Å². The van der Waals surface area contributed by atoms with Crippen LogP contribution in [0.25, 0.3) is 0 Å². The van der Waals surface area contributed by atoms with Gasteiger partial charge in [-0.15, -0.1) is 0 Å². The summed E-state index contributed by atoms with van der Waals surface area (Å²) < 4.78 is 10.6. The van der Waals surface area contributed by atoms with Crippen molar-refractivity contribution in [3.05, 3.63) is 64.8 Å². The van der Waals surface area contributed by atoms with E-state index in [1.165, 1.54) is 5.56 Å². The summed E-state index contributed by atoms with van der Waals surface area (Å²) in [6.45, 7) is 2.69. The molecule has 6 nitrogen and oxygen atoms in total. The van der Waals surface area contributed by atoms with Crippen LogP contribution in [0.3, 0.4) is 0 Å². The Morgan fingerprint density at radius 1 is 0.929 bits per heavy atom. The molecule has 3 rings (SSSR count). The van der Waals surface area contributed by atoms with Gasteiger partial charge in [0.1, 0.15) is 5.82 Å². The lowest BCUT2D eigenvalue weighted by atomic mass is 10.1. The fourth-order valence-corrected chi connectivity index (χ4v) is 2.87. The first kappa shape index (κ1) is 19.8. The van der Waals surface area contributed by atoms with Gasteiger partial charge in [-0.1, -0.05) is 23.7 Å². The number of nitrogens with one attached hydrogen (secondary N) is 2. The van der Waals surface area contributed by atoms with Gasteiger partial charge < -0.3 is 20.1 Å². The molecule has 7 heteroatoms. The van der Waals surface area contributed by atoms with Crippen molar-refractivity contribution < 1.29 is 9.47 Å². The van der Waals surface area contributed by atoms with E-state index in [4.69, 9.17) is 21.1 Å². The van der Waals surface area contributed by atoms with Gasteiger partial charge in [0.15, 0.2) is 11.5 Å². The van der Waals surface area contributed by atoms with Gasteiger partial charge in [0.05, 0.1) is 14.2 Å². The van der Waals surface area contributed by atoms with Gasteiger partial charge in [0, 0.05) is 35.1 Å². The summed E-state index contributed by atoms with van der Waals surface area (Å²) in [7, 11) is 3.21. The third kappa shape index (κ3) is 5.27. The summed E-state index contributed by atoms with van der Waals surface area (Å²) in [5.74, 6) is 2.59. The molecule has 146 valence electrons. The van der Waals surface area contributed by atoms with Crippen molar-refractivity contribution in [2.24, 2.45) is 0 Å². The number of aromatic nitrogens is 2. The lowest BCUT2D eigenvalue weighted by Crippen LogP contribution is -2.08. The number of hydrogen-bond donors (Lipinski definition) is 2. The van der Waals surface area contributed by atoms with Gasteiger partial charge in [-0.3, -0.25) is 0 Å². The second kappa shape index (κ2) is 9.28. The van der Waals surface area contributed by atoms with Crippen LogP contribution in [0, 0.1) is 6.92 Å². The molecule has 0 aliphatic rings. The van der Waals surface area contributed by atoms with Gasteiger partial charge in [0.2, 0.25) is 5.95 Å². The lowest BCUT2D eigenvalue weighted by Gasteiger charge is -2.12. The molecule has 0 fully saturated rings. The van der Waals surface area contributed by atoms with Gasteiger partial charge in [-0.2, -0.15) is 4.98 Å². The van der Waals surface area contributed by atoms with Crippen LogP contribution in [0.1, 0.15) is 11.3 Å². The molecule has 0 saturated carbocycles. The highest BCUT2D eigenvalue weighted by Crippen LogP contribution is 2.30. The Hall–Kier alpha value is -2.99. The molecule has 0 bridgehead atoms. The maximum Gasteiger partial charge on any atom is 0.229 e. The van der Waals surface area contributed by atoms with E-state index in [1.54, 1.807) is 14.2 Å². The molecular weight excluding hydrogens is 376 g/mol. The second-order valence-corrected chi connectivity index (χ2v) is 6.65. The normalized spacial score (nSPS) is 10.4. The van der Waals surface area contributed by atoms with Crippen molar-refractivity contribution in [1.82, 2.24) is 9.97 Å². The Morgan fingerprint density at radius 3 is 2.39 bits per heavy atom. The van der Waals surface area contributed by atoms with Crippen LogP contribution in [-0.4, -0.2) is 30.7 Å². The Morgan fingerprint density at radius 2 is 1.68 bits per heavy atom. The maximum atomic E-state index is 5.92. The van der Waals surface area contributed by atoms with Crippen molar-refractivity contribution in [2.45, 2.75) is 13.3 Å². The lowest BCUT2D eigenvalue weighted by molar-refractivity contribution is 0.355. The third-order valence-corrected chi connectivity index (χ3v) is 4.38. The number of rotatable bonds is 8. The van der Waals surface area contributed by atoms with Crippen molar-refractivity contribution in [1.29, 1.82) is 0 Å². The zero-order chi connectivity index (χ0) is 19.9. The molecule has 0 saturated heterocycles. The zero-order valence-corrected chi connectivity index (χ0v) is 16.9. The fourth-order valence-electron chi connectivity index (χ4n) is 2.74. The number of ether oxygens (including phenoxy) is 2. The predicted molar refractivity (Wildman–Crippen MR) is 113 cm³/mol. The van der Waals surface area contributed by atoms with E-state index in [1.807, 2.05) is 55.5 Å². The molecule has 2 N–H and O–H groups in total. The SMILES string of the molecule is COc1ccc(Nc2nc(C)cc(NCCc3ccc(Cl)cc3)n2)cc1OC. The van der Waals surface area contributed by atoms with Gasteiger partial charge in [0.25, 0.3) is 0 Å². The van der Waals surface area contributed by atoms with E-state index in [-0.39, 0.29) is 0 Å². The first-order valence-corrected chi connectivity index (χ1v) is 9.28. The molecule has 0 aliphatic heterocycles. The third-order valence-electron chi connectivity index (χ3n) is 4.13. The minimum absolute atomic E-state index is 0.515. The highest BCUT2D eigenvalue weighted by Gasteiger charge is 2.07. The first-order chi connectivity index (χ1) is 13.6. The summed E-state index contributed by atoms with van der Waals surface area (Å²) >= 11 is 5.92. The predicted octanol–water partition coefficient (Wildman–Crippen LogP) is 4.85. The minimum atomic E-state index is 0.515. The number of halogens is 1. The molecule has 3 aromatic rings. The van der Waals surface area contributed by atoms with Gasteiger partial charge in [-0.25, -0.2) is 4.98 Å². The van der Waals surface area contributed by atoms with Gasteiger partial charge in [-0.05, 0) is 43.2 Å². The van der Waals surface area contributed by atoms with Crippen molar-refractivity contribution in [2.75, 3.05) is 31.4 Å². The number of methoxy groups -OCH3 is 2. The molecule has 0 aliphatic carbocycles. The topological polar surface area (TPSA) is 68.3 Å². The molecule has 0 amide bonds. The molecule has 1 heterocycles. The zero-order valence-electron chi connectivity index (χ0n) is 16.1. The van der Waals surface area contributed by atoms with E-state index < -0.39 is 0 Å². The molecular formula is C21H23ClN4O2. The number of aryl methyl sites for hydroxylation is 1. The van der Waals surface area contributed by atoms with E-state index >= 15 is 0 Å². The van der Waals surface area contributed by atoms with Crippen LogP contribution in [-0.2, 0) is 6.42 Å². The van der Waals surface area contributed by atoms with E-state index in [2.05, 4.69) is 20.6 Å². The van der Waals surface area contributed by atoms with Crippen LogP contribution in [0.2, 0.25) is 5.02 Å². The number of nitrogens with zero attached hydrogens (tertiary/aromatic N) is 2. The monoisotopic (exact) mass is 398 g/mol. The van der Waals surface area contributed by atoms with Crippen molar-refractivity contribution in [3.63, 3.8) is 0 Å². The Kier molecular flexibility index (Phi) is 6.55. The Balaban J connectivity index is 1.66. The summed E-state index contributed by atoms with van der Waals surface area (Å²) in [4.78, 5) is 9.00. The van der Waals surface area contributed by atoms with Crippen LogP contribution in [0.5, 0.6) is 11.5 Å². The van der Waals surface area contributed by atoms with Gasteiger partial charge >= 0.3 is 0 Å². The molecule has 0 radical (unpaired) electrons. The quantitative estimate of drug-likeness (QED) is 0.565. The fraction of sp³-hybridized carbons (Fsp3) is 0.238. The van der Waals surface area contributed by atoms with E-state index in [9.17, 15) is 0 Å². The molecule has 1 aromatic heterocycles. The van der Waals surface area contributed by atoms with Crippen LogP contribution in [0.15, 0.2) is 48.5 Å². The van der Waals surface area contributed by atoms with Crippen molar-refractivity contribution >= 4 is 29.1 Å². The smallest absolute Gasteiger partial charge is 0.229 e. The Bertz CT molecular complexity index is 932. The number of benzene rings is 2. The highest BCUT2D eigenvalue weighted by molar-refractivity contribution is 6.30. The summed E-state index contributed by atoms with van der Waals surface area (Å²) in [5.41, 5.74) is 2.90. The van der Waals surface area contributed by atoms with Crippen molar-refractivity contribution in [3.8, 4) is 11.5 Å². The largest absolute Gasteiger partial charge is 0.493 e. The number of hydrogen-bond acceptors (Lipinski definition) is 6. The summed E-state index contributed by atoms with van der Waals surface area (Å²) in [6, 6.07) is 15.3. The summed E-state index contributed by atoms with van der Waals surface area (Å²) in [6.07, 6.45) is 0.874. The van der Waals surface area contributed by atoms with Crippen LogP contribution >= 0.6 is 11.6 Å². The molecule has 0 spiro atoms. The van der Waals surface area contributed by atoms with Crippen LogP contribution < -0.4 is 20.1 Å². The minimum Gasteiger partial charge on any atom is -0.493 e. The summed E-state index contributed by atoms with van der Waals surface area (Å²) in [5, 5.41) is 7.30. The highest BCUT2D eigenvalue weighted by atomic mass is 35.5. The standard InChI is InChI=1S/C21H23ClN4O2/c1-14-12-20(23-11-10-15-4-6-16(22)7-5-15)26-21(24-14)25-17-8-9-18(27-2)19(13-17)28-3/h4-9,12-13H,10-11H2,1-3H3,(H2,23,24,25,26). The molecule has 0 atom stereocenters. The Labute approximate surface area is 169 Å². The molecule has 0 unspecified atom stereocenters.